The number of rotatable bonds is 0. The number of ether oxygens (including phenoxy) is 1. The van der Waals surface area contributed by atoms with Gasteiger partial charge in [-0.05, 0) is 18.0 Å². The smallest absolute Gasteiger partial charge is 0.137 e. The van der Waals surface area contributed by atoms with Gasteiger partial charge in [-0.2, -0.15) is 0 Å². The van der Waals surface area contributed by atoms with E-state index in [1.165, 1.54) is 0 Å². The van der Waals surface area contributed by atoms with Gasteiger partial charge in [-0.25, -0.2) is 0 Å². The van der Waals surface area contributed by atoms with Crippen molar-refractivity contribution in [3.05, 3.63) is 18.5 Å². The van der Waals surface area contributed by atoms with Gasteiger partial charge in [0.15, 0.2) is 0 Å². The van der Waals surface area contributed by atoms with Crippen LogP contribution in [0.5, 0.6) is 5.75 Å². The van der Waals surface area contributed by atoms with E-state index < -0.39 is 0 Å². The second-order valence-corrected chi connectivity index (χ2v) is 3.10. The minimum Gasteiger partial charge on any atom is -0.491 e. The van der Waals surface area contributed by atoms with Crippen molar-refractivity contribution >= 4 is 11.9 Å². The molecule has 58 valence electrons. The van der Waals surface area contributed by atoms with Crippen molar-refractivity contribution in [1.29, 1.82) is 0 Å². The molecule has 3 nitrogen and oxygen atoms in total. The molecule has 0 bridgehead atoms. The third-order valence-electron chi connectivity index (χ3n) is 1.39. The summed E-state index contributed by atoms with van der Waals surface area (Å²) in [4.78, 5) is 5.06. The fourth-order valence-corrected chi connectivity index (χ4v) is 1.58. The Morgan fingerprint density at radius 2 is 2.64 bits per heavy atom. The highest BCUT2D eigenvalue weighted by Crippen LogP contribution is 2.27. The van der Waals surface area contributed by atoms with Crippen molar-refractivity contribution in [2.75, 3.05) is 13.2 Å². The van der Waals surface area contributed by atoms with E-state index in [4.69, 9.17) is 4.74 Å². The van der Waals surface area contributed by atoms with Crippen LogP contribution < -0.4 is 9.46 Å². The van der Waals surface area contributed by atoms with Gasteiger partial charge in [-0.1, -0.05) is 0 Å². The fourth-order valence-electron chi connectivity index (χ4n) is 0.895. The van der Waals surface area contributed by atoms with Gasteiger partial charge in [0.05, 0.1) is 4.90 Å². The van der Waals surface area contributed by atoms with Gasteiger partial charge in [0.1, 0.15) is 12.4 Å². The zero-order valence-electron chi connectivity index (χ0n) is 5.91. The van der Waals surface area contributed by atoms with Crippen molar-refractivity contribution < 1.29 is 4.74 Å². The quantitative estimate of drug-likeness (QED) is 0.588. The summed E-state index contributed by atoms with van der Waals surface area (Å²) in [6.45, 7) is 1.60. The van der Waals surface area contributed by atoms with Gasteiger partial charge in [0.25, 0.3) is 0 Å². The Hall–Kier alpha value is -0.740. The summed E-state index contributed by atoms with van der Waals surface area (Å²) in [6.07, 6.45) is 3.54. The van der Waals surface area contributed by atoms with Gasteiger partial charge in [-0.15, -0.1) is 0 Å². The summed E-state index contributed by atoms with van der Waals surface area (Å²) in [7, 11) is 0. The fraction of sp³-hybridized carbons (Fsp3) is 0.286. The van der Waals surface area contributed by atoms with Crippen molar-refractivity contribution in [2.24, 2.45) is 0 Å². The lowest BCUT2D eigenvalue weighted by molar-refractivity contribution is 0.321. The van der Waals surface area contributed by atoms with Crippen LogP contribution in [0.2, 0.25) is 0 Å². The number of nitrogens with one attached hydrogen (secondary N) is 1. The molecule has 1 N–H and O–H groups in total. The van der Waals surface area contributed by atoms with Crippen LogP contribution in [0.1, 0.15) is 0 Å². The molecule has 1 aliphatic heterocycles. The minimum absolute atomic E-state index is 0.726. The number of fused-ring (bicyclic) bond motifs is 1. The molecular weight excluding hydrogens is 160 g/mol. The normalized spacial score (nSPS) is 16.4. The summed E-state index contributed by atoms with van der Waals surface area (Å²) in [5, 5.41) is 0. The van der Waals surface area contributed by atoms with Gasteiger partial charge >= 0.3 is 0 Å². The Kier molecular flexibility index (Phi) is 1.96. The summed E-state index contributed by atoms with van der Waals surface area (Å²) in [5.74, 6) is 0.926. The van der Waals surface area contributed by atoms with Crippen LogP contribution in [-0.2, 0) is 0 Å². The SMILES string of the molecule is c1cc2c(cn1)SNCCO2. The molecule has 11 heavy (non-hydrogen) atoms. The lowest BCUT2D eigenvalue weighted by atomic mass is 10.4. The van der Waals surface area contributed by atoms with Gasteiger partial charge in [-0.3, -0.25) is 9.71 Å². The molecule has 0 amide bonds. The van der Waals surface area contributed by atoms with E-state index in [1.54, 1.807) is 24.3 Å². The number of nitrogens with zero attached hydrogens (tertiary/aromatic N) is 1. The highest BCUT2D eigenvalue weighted by molar-refractivity contribution is 7.97. The van der Waals surface area contributed by atoms with Gasteiger partial charge in [0.2, 0.25) is 0 Å². The van der Waals surface area contributed by atoms with Crippen molar-refractivity contribution in [3.8, 4) is 5.75 Å². The Bertz CT molecular complexity index is 229. The van der Waals surface area contributed by atoms with E-state index in [9.17, 15) is 0 Å². The largest absolute Gasteiger partial charge is 0.491 e. The average molecular weight is 168 g/mol. The molecule has 0 unspecified atom stereocenters. The van der Waals surface area contributed by atoms with Crippen LogP contribution in [0.4, 0.5) is 0 Å². The molecule has 1 aromatic rings. The second-order valence-electron chi connectivity index (χ2n) is 2.17. The summed E-state index contributed by atoms with van der Waals surface area (Å²) < 4.78 is 8.58. The third-order valence-corrected chi connectivity index (χ3v) is 2.27. The molecule has 1 aliphatic rings. The van der Waals surface area contributed by atoms with Crippen molar-refractivity contribution in [2.45, 2.75) is 4.90 Å². The molecule has 0 aromatic carbocycles. The molecule has 0 radical (unpaired) electrons. The lowest BCUT2D eigenvalue weighted by Gasteiger charge is -2.02. The third kappa shape index (κ3) is 1.46. The second kappa shape index (κ2) is 3.11. The van der Waals surface area contributed by atoms with Gasteiger partial charge < -0.3 is 4.74 Å². The van der Waals surface area contributed by atoms with Crippen LogP contribution in [-0.4, -0.2) is 18.1 Å². The molecule has 0 saturated heterocycles. The van der Waals surface area contributed by atoms with E-state index in [1.807, 2.05) is 6.07 Å². The standard InChI is InChI=1S/C7H8N2OS/c1-2-8-5-7-6(1)10-4-3-9-11-7/h1-2,5,9H,3-4H2. The van der Waals surface area contributed by atoms with E-state index in [0.717, 1.165) is 23.8 Å². The summed E-state index contributed by atoms with van der Waals surface area (Å²) >= 11 is 1.57. The Labute approximate surface area is 69.3 Å². The van der Waals surface area contributed by atoms with Crippen LogP contribution >= 0.6 is 11.9 Å². The first-order valence-electron chi connectivity index (χ1n) is 3.43. The summed E-state index contributed by atoms with van der Waals surface area (Å²) in [5.41, 5.74) is 0. The Morgan fingerprint density at radius 3 is 3.64 bits per heavy atom. The first kappa shape index (κ1) is 6.94. The van der Waals surface area contributed by atoms with Crippen LogP contribution in [0.15, 0.2) is 23.4 Å². The Balaban J connectivity index is 2.33. The highest BCUT2D eigenvalue weighted by Gasteiger charge is 2.07. The zero-order valence-corrected chi connectivity index (χ0v) is 6.73. The van der Waals surface area contributed by atoms with Crippen LogP contribution in [0.25, 0.3) is 0 Å². The first-order chi connectivity index (χ1) is 5.47. The predicted octanol–water partition coefficient (Wildman–Crippen LogP) is 1.07. The average Bonchev–Trinajstić information content (AvgIpc) is 2.28. The minimum atomic E-state index is 0.726. The van der Waals surface area contributed by atoms with E-state index >= 15 is 0 Å². The maximum absolute atomic E-state index is 5.43. The van der Waals surface area contributed by atoms with Crippen molar-refractivity contribution in [3.63, 3.8) is 0 Å². The highest BCUT2D eigenvalue weighted by atomic mass is 32.2. The lowest BCUT2D eigenvalue weighted by Crippen LogP contribution is -2.10. The molecule has 0 atom stereocenters. The predicted molar refractivity (Wildman–Crippen MR) is 43.6 cm³/mol. The molecule has 2 heterocycles. The molecule has 1 aromatic heterocycles. The number of hydrogen-bond acceptors (Lipinski definition) is 4. The van der Waals surface area contributed by atoms with Crippen LogP contribution in [0.3, 0.4) is 0 Å². The molecule has 2 rings (SSSR count). The summed E-state index contributed by atoms with van der Waals surface area (Å²) in [6, 6.07) is 1.88. The number of pyridine rings is 1. The van der Waals surface area contributed by atoms with Crippen molar-refractivity contribution in [1.82, 2.24) is 9.71 Å². The van der Waals surface area contributed by atoms with E-state index in [-0.39, 0.29) is 0 Å². The maximum Gasteiger partial charge on any atom is 0.137 e. The van der Waals surface area contributed by atoms with E-state index in [2.05, 4.69) is 9.71 Å². The Morgan fingerprint density at radius 1 is 1.64 bits per heavy atom. The molecule has 0 aliphatic carbocycles. The number of hydrogen-bond donors (Lipinski definition) is 1. The zero-order chi connectivity index (χ0) is 7.52. The van der Waals surface area contributed by atoms with E-state index in [0.29, 0.717) is 0 Å². The maximum atomic E-state index is 5.43. The molecule has 4 heteroatoms. The molecule has 0 spiro atoms. The topological polar surface area (TPSA) is 34.2 Å². The molecule has 0 saturated carbocycles. The van der Waals surface area contributed by atoms with Gasteiger partial charge in [0, 0.05) is 18.9 Å². The first-order valence-corrected chi connectivity index (χ1v) is 4.25. The van der Waals surface area contributed by atoms with Crippen LogP contribution in [0, 0.1) is 0 Å². The molecule has 0 fully saturated rings. The molecular formula is C7H8N2OS. The monoisotopic (exact) mass is 168 g/mol. The number of aromatic nitrogens is 1.